The average Bonchev–Trinajstić information content (AvgIpc) is 2.36. The Balaban J connectivity index is 3.13. The molecule has 1 N–H and O–H groups in total. The Hall–Kier alpha value is -1.35. The van der Waals surface area contributed by atoms with Crippen LogP contribution in [0.15, 0.2) is 24.3 Å². The Bertz CT molecular complexity index is 367. The highest BCUT2D eigenvalue weighted by molar-refractivity contribution is 6.04. The number of para-hydroxylation sites is 1. The third-order valence-electron chi connectivity index (χ3n) is 2.94. The van der Waals surface area contributed by atoms with Gasteiger partial charge in [-0.15, -0.1) is 0 Å². The second kappa shape index (κ2) is 5.12. The minimum absolute atomic E-state index is 0.269. The molecular weight excluding hydrogens is 204 g/mol. The van der Waals surface area contributed by atoms with Crippen LogP contribution in [-0.4, -0.2) is 23.6 Å². The number of carbonyl (C=O) groups excluding carboxylic acids is 1. The Morgan fingerprint density at radius 2 is 1.88 bits per heavy atom. The van der Waals surface area contributed by atoms with Crippen molar-refractivity contribution >= 4 is 5.78 Å². The van der Waals surface area contributed by atoms with Crippen LogP contribution in [0.25, 0.3) is 0 Å². The van der Waals surface area contributed by atoms with E-state index in [9.17, 15) is 9.90 Å². The van der Waals surface area contributed by atoms with E-state index >= 15 is 0 Å². The Morgan fingerprint density at radius 3 is 2.38 bits per heavy atom. The second-order valence-corrected chi connectivity index (χ2v) is 3.77. The van der Waals surface area contributed by atoms with E-state index in [0.29, 0.717) is 24.2 Å². The summed E-state index contributed by atoms with van der Waals surface area (Å²) in [7, 11) is 1.52. The molecule has 1 aromatic rings. The zero-order chi connectivity index (χ0) is 12.2. The van der Waals surface area contributed by atoms with Crippen molar-refractivity contribution in [2.24, 2.45) is 0 Å². The Morgan fingerprint density at radius 1 is 1.31 bits per heavy atom. The molecule has 0 heterocycles. The molecular formula is C13H18O3. The average molecular weight is 222 g/mol. The van der Waals surface area contributed by atoms with Crippen LogP contribution in [0, 0.1) is 0 Å². The molecule has 0 bridgehead atoms. The van der Waals surface area contributed by atoms with Gasteiger partial charge in [0.15, 0.2) is 5.78 Å². The molecule has 0 spiro atoms. The molecule has 3 heteroatoms. The maximum absolute atomic E-state index is 12.2. The number of rotatable bonds is 5. The lowest BCUT2D eigenvalue weighted by molar-refractivity contribution is 0.0275. The summed E-state index contributed by atoms with van der Waals surface area (Å²) in [5.74, 6) is 0.239. The maximum Gasteiger partial charge on any atom is 0.198 e. The van der Waals surface area contributed by atoms with Gasteiger partial charge in [-0.25, -0.2) is 0 Å². The molecule has 88 valence electrons. The monoisotopic (exact) mass is 222 g/mol. The van der Waals surface area contributed by atoms with Crippen LogP contribution in [0.3, 0.4) is 0 Å². The van der Waals surface area contributed by atoms with Crippen LogP contribution in [-0.2, 0) is 0 Å². The molecule has 16 heavy (non-hydrogen) atoms. The van der Waals surface area contributed by atoms with Gasteiger partial charge in [0.25, 0.3) is 0 Å². The summed E-state index contributed by atoms with van der Waals surface area (Å²) in [4.78, 5) is 12.2. The van der Waals surface area contributed by atoms with Crippen molar-refractivity contribution in [1.82, 2.24) is 0 Å². The normalized spacial score (nSPS) is 11.2. The van der Waals surface area contributed by atoms with Gasteiger partial charge in [-0.05, 0) is 25.0 Å². The molecule has 0 saturated carbocycles. The lowest BCUT2D eigenvalue weighted by atomic mass is 9.88. The highest BCUT2D eigenvalue weighted by atomic mass is 16.5. The van der Waals surface area contributed by atoms with Crippen molar-refractivity contribution in [3.63, 3.8) is 0 Å². The molecule has 0 radical (unpaired) electrons. The van der Waals surface area contributed by atoms with Crippen molar-refractivity contribution < 1.29 is 14.6 Å². The summed E-state index contributed by atoms with van der Waals surface area (Å²) in [6, 6.07) is 6.96. The van der Waals surface area contributed by atoms with Crippen molar-refractivity contribution in [1.29, 1.82) is 0 Å². The SMILES string of the molecule is CCC(O)(CC)C(=O)c1ccccc1OC. The fourth-order valence-electron chi connectivity index (χ4n) is 1.65. The summed E-state index contributed by atoms with van der Waals surface area (Å²) in [6.45, 7) is 3.60. The summed E-state index contributed by atoms with van der Waals surface area (Å²) in [5, 5.41) is 10.2. The van der Waals surface area contributed by atoms with E-state index in [-0.39, 0.29) is 5.78 Å². The third-order valence-corrected chi connectivity index (χ3v) is 2.94. The van der Waals surface area contributed by atoms with Gasteiger partial charge in [-0.2, -0.15) is 0 Å². The van der Waals surface area contributed by atoms with E-state index in [1.807, 2.05) is 0 Å². The number of ether oxygens (including phenoxy) is 1. The molecule has 0 aliphatic carbocycles. The van der Waals surface area contributed by atoms with Crippen LogP contribution in [0.2, 0.25) is 0 Å². The quantitative estimate of drug-likeness (QED) is 0.778. The van der Waals surface area contributed by atoms with Gasteiger partial charge in [0.1, 0.15) is 11.4 Å². The molecule has 0 amide bonds. The minimum Gasteiger partial charge on any atom is -0.496 e. The first-order valence-corrected chi connectivity index (χ1v) is 5.49. The number of ketones is 1. The molecule has 0 aromatic heterocycles. The Kier molecular flexibility index (Phi) is 4.07. The lowest BCUT2D eigenvalue weighted by Gasteiger charge is -2.24. The van der Waals surface area contributed by atoms with E-state index in [0.717, 1.165) is 0 Å². The molecule has 3 nitrogen and oxygen atoms in total. The zero-order valence-electron chi connectivity index (χ0n) is 9.99. The van der Waals surface area contributed by atoms with Gasteiger partial charge < -0.3 is 9.84 Å². The minimum atomic E-state index is -1.28. The van der Waals surface area contributed by atoms with Gasteiger partial charge in [0.05, 0.1) is 12.7 Å². The van der Waals surface area contributed by atoms with Gasteiger partial charge in [-0.1, -0.05) is 26.0 Å². The molecule has 1 rings (SSSR count). The predicted octanol–water partition coefficient (Wildman–Crippen LogP) is 2.43. The van der Waals surface area contributed by atoms with Crippen LogP contribution in [0.1, 0.15) is 37.0 Å². The van der Waals surface area contributed by atoms with Crippen molar-refractivity contribution in [3.8, 4) is 5.75 Å². The predicted molar refractivity (Wildman–Crippen MR) is 62.9 cm³/mol. The van der Waals surface area contributed by atoms with Crippen molar-refractivity contribution in [2.45, 2.75) is 32.3 Å². The van der Waals surface area contributed by atoms with Crippen LogP contribution in [0.5, 0.6) is 5.75 Å². The first-order valence-electron chi connectivity index (χ1n) is 5.49. The number of hydrogen-bond acceptors (Lipinski definition) is 3. The number of benzene rings is 1. The topological polar surface area (TPSA) is 46.5 Å². The number of carbonyl (C=O) groups is 1. The van der Waals surface area contributed by atoms with Crippen molar-refractivity contribution in [3.05, 3.63) is 29.8 Å². The van der Waals surface area contributed by atoms with Crippen LogP contribution >= 0.6 is 0 Å². The number of hydrogen-bond donors (Lipinski definition) is 1. The molecule has 0 saturated heterocycles. The molecule has 0 fully saturated rings. The van der Waals surface area contributed by atoms with Crippen LogP contribution < -0.4 is 4.74 Å². The molecule has 0 unspecified atom stereocenters. The van der Waals surface area contributed by atoms with Crippen LogP contribution in [0.4, 0.5) is 0 Å². The summed E-state index contributed by atoms with van der Waals surface area (Å²) >= 11 is 0. The van der Waals surface area contributed by atoms with Gasteiger partial charge in [0, 0.05) is 0 Å². The standard InChI is InChI=1S/C13H18O3/c1-4-13(15,5-2)12(14)10-8-6-7-9-11(10)16-3/h6-9,15H,4-5H2,1-3H3. The maximum atomic E-state index is 12.2. The van der Waals surface area contributed by atoms with E-state index in [1.165, 1.54) is 7.11 Å². The van der Waals surface area contributed by atoms with Gasteiger partial charge in [0.2, 0.25) is 0 Å². The largest absolute Gasteiger partial charge is 0.496 e. The first kappa shape index (κ1) is 12.7. The highest BCUT2D eigenvalue weighted by Gasteiger charge is 2.34. The zero-order valence-corrected chi connectivity index (χ0v) is 9.99. The van der Waals surface area contributed by atoms with Gasteiger partial charge >= 0.3 is 0 Å². The van der Waals surface area contributed by atoms with E-state index < -0.39 is 5.60 Å². The van der Waals surface area contributed by atoms with Crippen molar-refractivity contribution in [2.75, 3.05) is 7.11 Å². The van der Waals surface area contributed by atoms with E-state index in [1.54, 1.807) is 38.1 Å². The molecule has 0 atom stereocenters. The summed E-state index contributed by atoms with van der Waals surface area (Å²) in [5.41, 5.74) is -0.842. The molecule has 1 aromatic carbocycles. The lowest BCUT2D eigenvalue weighted by Crippen LogP contribution is -2.37. The fourth-order valence-corrected chi connectivity index (χ4v) is 1.65. The first-order chi connectivity index (χ1) is 7.59. The summed E-state index contributed by atoms with van der Waals surface area (Å²) in [6.07, 6.45) is 0.806. The molecule has 0 aliphatic rings. The van der Waals surface area contributed by atoms with Gasteiger partial charge in [-0.3, -0.25) is 4.79 Å². The third kappa shape index (κ3) is 2.25. The van der Waals surface area contributed by atoms with E-state index in [4.69, 9.17) is 4.74 Å². The smallest absolute Gasteiger partial charge is 0.198 e. The highest BCUT2D eigenvalue weighted by Crippen LogP contribution is 2.26. The summed E-state index contributed by atoms with van der Waals surface area (Å²) < 4.78 is 5.12. The number of Topliss-reactive ketones (excluding diaryl/α,β-unsaturated/α-hetero) is 1. The number of aliphatic hydroxyl groups is 1. The number of methoxy groups -OCH3 is 1. The Labute approximate surface area is 96.1 Å². The molecule has 0 aliphatic heterocycles. The van der Waals surface area contributed by atoms with E-state index in [2.05, 4.69) is 0 Å². The second-order valence-electron chi connectivity index (χ2n) is 3.77. The fraction of sp³-hybridized carbons (Fsp3) is 0.462.